The summed E-state index contributed by atoms with van der Waals surface area (Å²) in [7, 11) is 1.81. The van der Waals surface area contributed by atoms with Gasteiger partial charge in [-0.3, -0.25) is 0 Å². The van der Waals surface area contributed by atoms with E-state index in [1.54, 1.807) is 7.11 Å². The molecule has 2 saturated carbocycles. The van der Waals surface area contributed by atoms with Crippen molar-refractivity contribution >= 4 is 0 Å². The van der Waals surface area contributed by atoms with Crippen LogP contribution in [-0.4, -0.2) is 49.5 Å². The minimum Gasteiger partial charge on any atom is -0.381 e. The number of hydrogen-bond acceptors (Lipinski definition) is 3. The summed E-state index contributed by atoms with van der Waals surface area (Å²) in [5, 5.41) is 0. The SMILES string of the molecule is CCN(CC1CCC(OC2CC(OC)C2)CC1)C(C)C. The monoisotopic (exact) mass is 283 g/mol. The third kappa shape index (κ3) is 4.44. The summed E-state index contributed by atoms with van der Waals surface area (Å²) in [5.41, 5.74) is 0. The standard InChI is InChI=1S/C17H33NO2/c1-5-18(13(2)3)12-14-6-8-15(9-7-14)20-17-10-16(11-17)19-4/h13-17H,5-12H2,1-4H3. The van der Waals surface area contributed by atoms with Crippen molar-refractivity contribution in [2.24, 2.45) is 5.92 Å². The molecule has 3 nitrogen and oxygen atoms in total. The first-order valence-electron chi connectivity index (χ1n) is 8.54. The molecule has 0 aliphatic heterocycles. The molecule has 20 heavy (non-hydrogen) atoms. The molecule has 0 aromatic rings. The van der Waals surface area contributed by atoms with E-state index in [9.17, 15) is 0 Å². The van der Waals surface area contributed by atoms with Crippen LogP contribution in [0.4, 0.5) is 0 Å². The van der Waals surface area contributed by atoms with Gasteiger partial charge in [-0.25, -0.2) is 0 Å². The van der Waals surface area contributed by atoms with Crippen LogP contribution in [0.2, 0.25) is 0 Å². The van der Waals surface area contributed by atoms with Gasteiger partial charge in [0, 0.05) is 19.7 Å². The van der Waals surface area contributed by atoms with Gasteiger partial charge in [0.1, 0.15) is 0 Å². The lowest BCUT2D eigenvalue weighted by Gasteiger charge is -2.39. The van der Waals surface area contributed by atoms with Gasteiger partial charge in [0.2, 0.25) is 0 Å². The van der Waals surface area contributed by atoms with Gasteiger partial charge in [-0.15, -0.1) is 0 Å². The molecule has 0 aromatic heterocycles. The maximum Gasteiger partial charge on any atom is 0.0628 e. The van der Waals surface area contributed by atoms with Crippen molar-refractivity contribution < 1.29 is 9.47 Å². The average molecular weight is 283 g/mol. The fraction of sp³-hybridized carbons (Fsp3) is 1.00. The number of rotatable bonds is 7. The average Bonchev–Trinajstić information content (AvgIpc) is 2.40. The lowest BCUT2D eigenvalue weighted by atomic mass is 9.85. The van der Waals surface area contributed by atoms with Gasteiger partial charge in [-0.1, -0.05) is 6.92 Å². The van der Waals surface area contributed by atoms with Crippen molar-refractivity contribution in [1.29, 1.82) is 0 Å². The van der Waals surface area contributed by atoms with Gasteiger partial charge < -0.3 is 14.4 Å². The molecule has 0 radical (unpaired) electrons. The highest BCUT2D eigenvalue weighted by molar-refractivity contribution is 4.83. The van der Waals surface area contributed by atoms with Crippen molar-refractivity contribution in [2.45, 2.75) is 83.6 Å². The second-order valence-electron chi connectivity index (χ2n) is 6.91. The van der Waals surface area contributed by atoms with Crippen LogP contribution >= 0.6 is 0 Å². The van der Waals surface area contributed by atoms with E-state index in [1.165, 1.54) is 38.8 Å². The van der Waals surface area contributed by atoms with E-state index < -0.39 is 0 Å². The first kappa shape index (κ1) is 16.3. The lowest BCUT2D eigenvalue weighted by molar-refractivity contribution is -0.125. The van der Waals surface area contributed by atoms with Crippen LogP contribution < -0.4 is 0 Å². The van der Waals surface area contributed by atoms with Crippen LogP contribution in [0, 0.1) is 5.92 Å². The van der Waals surface area contributed by atoms with E-state index in [1.807, 2.05) is 0 Å². The Bertz CT molecular complexity index is 268. The Morgan fingerprint density at radius 3 is 2.15 bits per heavy atom. The molecule has 118 valence electrons. The summed E-state index contributed by atoms with van der Waals surface area (Å²) in [4.78, 5) is 2.60. The Hall–Kier alpha value is -0.120. The van der Waals surface area contributed by atoms with Crippen LogP contribution in [0.5, 0.6) is 0 Å². The van der Waals surface area contributed by atoms with Crippen LogP contribution in [-0.2, 0) is 9.47 Å². The first-order valence-corrected chi connectivity index (χ1v) is 8.54. The Kier molecular flexibility index (Phi) is 6.31. The van der Waals surface area contributed by atoms with Gasteiger partial charge in [0.05, 0.1) is 18.3 Å². The van der Waals surface area contributed by atoms with Gasteiger partial charge >= 0.3 is 0 Å². The van der Waals surface area contributed by atoms with E-state index in [4.69, 9.17) is 9.47 Å². The van der Waals surface area contributed by atoms with E-state index in [2.05, 4.69) is 25.7 Å². The number of ether oxygens (including phenoxy) is 2. The molecular weight excluding hydrogens is 250 g/mol. The second kappa shape index (κ2) is 7.77. The molecule has 0 bridgehead atoms. The highest BCUT2D eigenvalue weighted by Gasteiger charge is 2.33. The molecule has 2 rings (SSSR count). The number of methoxy groups -OCH3 is 1. The van der Waals surface area contributed by atoms with Crippen molar-refractivity contribution in [3.8, 4) is 0 Å². The maximum absolute atomic E-state index is 6.19. The molecule has 0 N–H and O–H groups in total. The molecule has 2 fully saturated rings. The highest BCUT2D eigenvalue weighted by Crippen LogP contribution is 2.32. The molecule has 0 heterocycles. The van der Waals surface area contributed by atoms with E-state index in [0.717, 1.165) is 18.8 Å². The first-order chi connectivity index (χ1) is 9.62. The van der Waals surface area contributed by atoms with Gasteiger partial charge in [0.15, 0.2) is 0 Å². The Morgan fingerprint density at radius 2 is 1.65 bits per heavy atom. The summed E-state index contributed by atoms with van der Waals surface area (Å²) in [6.07, 6.45) is 8.86. The van der Waals surface area contributed by atoms with E-state index >= 15 is 0 Å². The molecule has 2 aliphatic carbocycles. The van der Waals surface area contributed by atoms with Crippen molar-refractivity contribution in [1.82, 2.24) is 4.90 Å². The Morgan fingerprint density at radius 1 is 1.00 bits per heavy atom. The van der Waals surface area contributed by atoms with E-state index in [0.29, 0.717) is 24.4 Å². The molecule has 0 saturated heterocycles. The molecule has 0 unspecified atom stereocenters. The quantitative estimate of drug-likeness (QED) is 0.714. The third-order valence-corrected chi connectivity index (χ3v) is 5.19. The summed E-state index contributed by atoms with van der Waals surface area (Å²) < 4.78 is 11.5. The molecular formula is C17H33NO2. The van der Waals surface area contributed by atoms with Crippen LogP contribution in [0.15, 0.2) is 0 Å². The molecule has 0 spiro atoms. The predicted octanol–water partition coefficient (Wildman–Crippen LogP) is 3.47. The molecule has 2 aliphatic rings. The Labute approximate surface area is 125 Å². The topological polar surface area (TPSA) is 21.7 Å². The zero-order valence-corrected chi connectivity index (χ0v) is 13.8. The largest absolute Gasteiger partial charge is 0.381 e. The van der Waals surface area contributed by atoms with Gasteiger partial charge in [-0.2, -0.15) is 0 Å². The minimum atomic E-state index is 0.459. The van der Waals surface area contributed by atoms with Crippen molar-refractivity contribution in [3.05, 3.63) is 0 Å². The molecule has 0 aromatic carbocycles. The van der Waals surface area contributed by atoms with Crippen molar-refractivity contribution in [3.63, 3.8) is 0 Å². The summed E-state index contributed by atoms with van der Waals surface area (Å²) >= 11 is 0. The normalized spacial score (nSPS) is 34.5. The van der Waals surface area contributed by atoms with Gasteiger partial charge in [0.25, 0.3) is 0 Å². The number of nitrogens with zero attached hydrogens (tertiary/aromatic N) is 1. The minimum absolute atomic E-state index is 0.459. The Balaban J connectivity index is 1.62. The second-order valence-corrected chi connectivity index (χ2v) is 6.91. The zero-order chi connectivity index (χ0) is 14.5. The maximum atomic E-state index is 6.19. The van der Waals surface area contributed by atoms with Crippen LogP contribution in [0.25, 0.3) is 0 Å². The molecule has 3 heteroatoms. The highest BCUT2D eigenvalue weighted by atomic mass is 16.5. The summed E-state index contributed by atoms with van der Waals surface area (Å²) in [6.45, 7) is 9.34. The van der Waals surface area contributed by atoms with Gasteiger partial charge in [-0.05, 0) is 64.8 Å². The molecule has 0 atom stereocenters. The van der Waals surface area contributed by atoms with Crippen LogP contribution in [0.3, 0.4) is 0 Å². The smallest absolute Gasteiger partial charge is 0.0628 e. The van der Waals surface area contributed by atoms with Crippen molar-refractivity contribution in [2.75, 3.05) is 20.2 Å². The molecule has 0 amide bonds. The zero-order valence-electron chi connectivity index (χ0n) is 13.8. The summed E-state index contributed by atoms with van der Waals surface area (Å²) in [5.74, 6) is 0.880. The number of hydrogen-bond donors (Lipinski definition) is 0. The van der Waals surface area contributed by atoms with Crippen LogP contribution in [0.1, 0.15) is 59.3 Å². The van der Waals surface area contributed by atoms with E-state index in [-0.39, 0.29) is 0 Å². The fourth-order valence-corrected chi connectivity index (χ4v) is 3.58. The predicted molar refractivity (Wildman–Crippen MR) is 83.0 cm³/mol. The fourth-order valence-electron chi connectivity index (χ4n) is 3.58. The summed E-state index contributed by atoms with van der Waals surface area (Å²) in [6, 6.07) is 0.676. The third-order valence-electron chi connectivity index (χ3n) is 5.19. The lowest BCUT2D eigenvalue weighted by Crippen LogP contribution is -2.41.